The maximum Gasteiger partial charge on any atom is 0.573 e. The predicted molar refractivity (Wildman–Crippen MR) is 123 cm³/mol. The lowest BCUT2D eigenvalue weighted by Crippen LogP contribution is -2.30. The van der Waals surface area contributed by atoms with Crippen LogP contribution in [0.5, 0.6) is 5.75 Å². The third kappa shape index (κ3) is 6.86. The summed E-state index contributed by atoms with van der Waals surface area (Å²) in [6.07, 6.45) is -4.82. The van der Waals surface area contributed by atoms with E-state index in [2.05, 4.69) is 25.3 Å². The highest BCUT2D eigenvalue weighted by Gasteiger charge is 2.31. The van der Waals surface area contributed by atoms with E-state index in [4.69, 9.17) is 23.2 Å². The SMILES string of the molecule is CC(C)[C@H](CO)Nc1nc(Nc2c(Cl)cccc2Cl)cc(-c2cccc(OC(F)(F)F)c2)n1. The maximum atomic E-state index is 12.7. The topological polar surface area (TPSA) is 79.3 Å². The fourth-order valence-electron chi connectivity index (χ4n) is 2.91. The van der Waals surface area contributed by atoms with E-state index in [1.807, 2.05) is 13.8 Å². The molecule has 6 nitrogen and oxygen atoms in total. The molecule has 1 heterocycles. The molecule has 0 aliphatic rings. The van der Waals surface area contributed by atoms with Crippen LogP contribution >= 0.6 is 23.2 Å². The number of benzene rings is 2. The summed E-state index contributed by atoms with van der Waals surface area (Å²) in [5.74, 6) is 0.126. The summed E-state index contributed by atoms with van der Waals surface area (Å²) in [5.41, 5.74) is 1.08. The van der Waals surface area contributed by atoms with Crippen molar-refractivity contribution in [1.29, 1.82) is 0 Å². The van der Waals surface area contributed by atoms with Crippen LogP contribution in [0.2, 0.25) is 10.0 Å². The van der Waals surface area contributed by atoms with Crippen LogP contribution in [0.25, 0.3) is 11.3 Å². The molecule has 0 bridgehead atoms. The molecular weight excluding hydrogens is 480 g/mol. The van der Waals surface area contributed by atoms with Crippen LogP contribution in [-0.2, 0) is 0 Å². The predicted octanol–water partition coefficient (Wildman–Crippen LogP) is 6.52. The number of ether oxygens (including phenoxy) is 1. The van der Waals surface area contributed by atoms with Crippen LogP contribution in [0, 0.1) is 5.92 Å². The number of nitrogens with one attached hydrogen (secondary N) is 2. The fraction of sp³-hybridized carbons (Fsp3) is 0.273. The number of halogens is 5. The smallest absolute Gasteiger partial charge is 0.406 e. The van der Waals surface area contributed by atoms with Crippen molar-refractivity contribution in [1.82, 2.24) is 9.97 Å². The zero-order valence-electron chi connectivity index (χ0n) is 17.6. The number of nitrogens with zero attached hydrogens (tertiary/aromatic N) is 2. The molecule has 176 valence electrons. The molecule has 0 amide bonds. The zero-order valence-corrected chi connectivity index (χ0v) is 19.1. The number of hydrogen-bond acceptors (Lipinski definition) is 6. The summed E-state index contributed by atoms with van der Waals surface area (Å²) in [4.78, 5) is 8.84. The van der Waals surface area contributed by atoms with E-state index in [0.29, 0.717) is 32.8 Å². The molecule has 0 saturated carbocycles. The number of rotatable bonds is 8. The van der Waals surface area contributed by atoms with Gasteiger partial charge in [0.15, 0.2) is 0 Å². The average Bonchev–Trinajstić information content (AvgIpc) is 2.73. The van der Waals surface area contributed by atoms with E-state index in [0.717, 1.165) is 0 Å². The van der Waals surface area contributed by atoms with Gasteiger partial charge in [-0.3, -0.25) is 0 Å². The average molecular weight is 501 g/mol. The van der Waals surface area contributed by atoms with Gasteiger partial charge >= 0.3 is 6.36 Å². The third-order valence-electron chi connectivity index (χ3n) is 4.62. The van der Waals surface area contributed by atoms with Crippen LogP contribution in [0.1, 0.15) is 13.8 Å². The van der Waals surface area contributed by atoms with E-state index in [-0.39, 0.29) is 30.3 Å². The number of hydrogen-bond donors (Lipinski definition) is 3. The molecule has 0 unspecified atom stereocenters. The Labute approximate surface area is 198 Å². The Morgan fingerprint density at radius 1 is 1.03 bits per heavy atom. The Morgan fingerprint density at radius 2 is 1.70 bits per heavy atom. The molecule has 0 spiro atoms. The summed E-state index contributed by atoms with van der Waals surface area (Å²) in [6.45, 7) is 3.66. The first kappa shape index (κ1) is 24.9. The van der Waals surface area contributed by atoms with Crippen molar-refractivity contribution in [2.45, 2.75) is 26.3 Å². The minimum atomic E-state index is -4.82. The lowest BCUT2D eigenvalue weighted by atomic mass is 10.1. The molecule has 0 aliphatic carbocycles. The van der Waals surface area contributed by atoms with Crippen molar-refractivity contribution in [3.05, 3.63) is 58.6 Å². The van der Waals surface area contributed by atoms with E-state index >= 15 is 0 Å². The molecule has 3 aromatic rings. The molecule has 1 aromatic heterocycles. The van der Waals surface area contributed by atoms with Crippen molar-refractivity contribution in [2.24, 2.45) is 5.92 Å². The van der Waals surface area contributed by atoms with Gasteiger partial charge in [-0.2, -0.15) is 4.98 Å². The molecular formula is C22H21Cl2F3N4O2. The zero-order chi connectivity index (χ0) is 24.2. The van der Waals surface area contributed by atoms with Crippen molar-refractivity contribution >= 4 is 40.7 Å². The van der Waals surface area contributed by atoms with Gasteiger partial charge in [-0.1, -0.05) is 55.2 Å². The van der Waals surface area contributed by atoms with Gasteiger partial charge in [-0.25, -0.2) is 4.98 Å². The van der Waals surface area contributed by atoms with Gasteiger partial charge in [0.1, 0.15) is 11.6 Å². The van der Waals surface area contributed by atoms with E-state index in [1.54, 1.807) is 30.3 Å². The second kappa shape index (κ2) is 10.5. The summed E-state index contributed by atoms with van der Waals surface area (Å²) in [5, 5.41) is 16.5. The van der Waals surface area contributed by atoms with E-state index < -0.39 is 6.36 Å². The normalized spacial score (nSPS) is 12.5. The fourth-order valence-corrected chi connectivity index (χ4v) is 3.40. The Balaban J connectivity index is 2.05. The molecule has 0 fully saturated rings. The standard InChI is InChI=1S/C22H21Cl2F3N4O2/c1-12(2)18(11-32)29-21-28-17(13-5-3-6-14(9-13)33-22(25,26)27)10-19(31-21)30-20-15(23)7-4-8-16(20)24/h3-10,12,18,32H,11H2,1-2H3,(H2,28,29,30,31)/t18-/m0/s1. The van der Waals surface area contributed by atoms with E-state index in [9.17, 15) is 18.3 Å². The van der Waals surface area contributed by atoms with Crippen molar-refractivity contribution in [3.63, 3.8) is 0 Å². The van der Waals surface area contributed by atoms with Crippen molar-refractivity contribution in [3.8, 4) is 17.0 Å². The van der Waals surface area contributed by atoms with Gasteiger partial charge in [0, 0.05) is 11.6 Å². The van der Waals surface area contributed by atoms with Crippen LogP contribution in [-0.4, -0.2) is 34.1 Å². The monoisotopic (exact) mass is 500 g/mol. The molecule has 3 rings (SSSR count). The summed E-state index contributed by atoms with van der Waals surface area (Å²) < 4.78 is 42.0. The molecule has 2 aromatic carbocycles. The van der Waals surface area contributed by atoms with Gasteiger partial charge in [0.25, 0.3) is 0 Å². The summed E-state index contributed by atoms with van der Waals surface area (Å²) in [6, 6.07) is 11.6. The highest BCUT2D eigenvalue weighted by Crippen LogP contribution is 2.34. The first-order valence-corrected chi connectivity index (χ1v) is 10.6. The Hall–Kier alpha value is -2.75. The number of para-hydroxylation sites is 1. The second-order valence-electron chi connectivity index (χ2n) is 7.44. The van der Waals surface area contributed by atoms with Crippen LogP contribution < -0.4 is 15.4 Å². The molecule has 0 saturated heterocycles. The first-order valence-electron chi connectivity index (χ1n) is 9.89. The molecule has 33 heavy (non-hydrogen) atoms. The number of aliphatic hydroxyl groups excluding tert-OH is 1. The van der Waals surface area contributed by atoms with Gasteiger partial charge < -0.3 is 20.5 Å². The largest absolute Gasteiger partial charge is 0.573 e. The molecule has 1 atom stereocenters. The highest BCUT2D eigenvalue weighted by atomic mass is 35.5. The number of aromatic nitrogens is 2. The minimum absolute atomic E-state index is 0.0557. The Morgan fingerprint density at radius 3 is 2.30 bits per heavy atom. The lowest BCUT2D eigenvalue weighted by molar-refractivity contribution is -0.274. The Kier molecular flexibility index (Phi) is 7.88. The summed E-state index contributed by atoms with van der Waals surface area (Å²) in [7, 11) is 0. The van der Waals surface area contributed by atoms with Crippen molar-refractivity contribution < 1.29 is 23.0 Å². The van der Waals surface area contributed by atoms with Gasteiger partial charge in [0.05, 0.1) is 34.1 Å². The molecule has 0 aliphatic heterocycles. The van der Waals surface area contributed by atoms with Gasteiger partial charge in [-0.05, 0) is 30.2 Å². The number of aliphatic hydroxyl groups is 1. The first-order chi connectivity index (χ1) is 15.6. The quantitative estimate of drug-likeness (QED) is 0.326. The Bertz CT molecular complexity index is 1090. The third-order valence-corrected chi connectivity index (χ3v) is 5.25. The van der Waals surface area contributed by atoms with Gasteiger partial charge in [-0.15, -0.1) is 13.2 Å². The molecule has 11 heteroatoms. The van der Waals surface area contributed by atoms with Crippen LogP contribution in [0.15, 0.2) is 48.5 Å². The van der Waals surface area contributed by atoms with Gasteiger partial charge in [0.2, 0.25) is 5.95 Å². The maximum absolute atomic E-state index is 12.7. The lowest BCUT2D eigenvalue weighted by Gasteiger charge is -2.21. The van der Waals surface area contributed by atoms with E-state index in [1.165, 1.54) is 18.2 Å². The minimum Gasteiger partial charge on any atom is -0.406 e. The van der Waals surface area contributed by atoms with Crippen LogP contribution in [0.4, 0.5) is 30.6 Å². The van der Waals surface area contributed by atoms with Crippen LogP contribution in [0.3, 0.4) is 0 Å². The molecule has 3 N–H and O–H groups in total. The molecule has 0 radical (unpaired) electrons. The van der Waals surface area contributed by atoms with Crippen molar-refractivity contribution in [2.75, 3.05) is 17.2 Å². The second-order valence-corrected chi connectivity index (χ2v) is 8.25. The summed E-state index contributed by atoms with van der Waals surface area (Å²) >= 11 is 12.5. The number of anilines is 3. The number of alkyl halides is 3. The highest BCUT2D eigenvalue weighted by molar-refractivity contribution is 6.39.